The van der Waals surface area contributed by atoms with Gasteiger partial charge in [0.15, 0.2) is 0 Å². The third-order valence-corrected chi connectivity index (χ3v) is 7.21. The lowest BCUT2D eigenvalue weighted by atomic mass is 9.65. The molecule has 1 spiro atoms. The highest BCUT2D eigenvalue weighted by molar-refractivity contribution is 6.31. The first-order chi connectivity index (χ1) is 14.2. The van der Waals surface area contributed by atoms with Crippen molar-refractivity contribution >= 4 is 22.6 Å². The number of aromatic nitrogens is 2. The van der Waals surface area contributed by atoms with Crippen LogP contribution in [0.5, 0.6) is 5.75 Å². The summed E-state index contributed by atoms with van der Waals surface area (Å²) in [5.74, 6) is 2.09. The van der Waals surface area contributed by atoms with Gasteiger partial charge in [0.05, 0.1) is 23.2 Å². The van der Waals surface area contributed by atoms with Crippen LogP contribution in [0.3, 0.4) is 0 Å². The highest BCUT2D eigenvalue weighted by atomic mass is 35.5. The van der Waals surface area contributed by atoms with Crippen LogP contribution < -0.4 is 4.74 Å². The molecule has 1 aromatic heterocycles. The fourth-order valence-corrected chi connectivity index (χ4v) is 5.26. The summed E-state index contributed by atoms with van der Waals surface area (Å²) in [4.78, 5) is 8.15. The molecular weight excluding hydrogens is 413 g/mol. The molecule has 0 unspecified atom stereocenters. The van der Waals surface area contributed by atoms with Crippen LogP contribution in [-0.2, 0) is 11.6 Å². The lowest BCUT2D eigenvalue weighted by Crippen LogP contribution is -2.34. The van der Waals surface area contributed by atoms with Crippen molar-refractivity contribution in [3.05, 3.63) is 58.4 Å². The summed E-state index contributed by atoms with van der Waals surface area (Å²) < 4.78 is 44.8. The van der Waals surface area contributed by atoms with Crippen molar-refractivity contribution in [1.29, 1.82) is 0 Å². The van der Waals surface area contributed by atoms with Crippen LogP contribution in [-0.4, -0.2) is 16.6 Å². The third-order valence-electron chi connectivity index (χ3n) is 6.97. The normalized spacial score (nSPS) is 24.8. The van der Waals surface area contributed by atoms with Gasteiger partial charge >= 0.3 is 6.18 Å². The Kier molecular flexibility index (Phi) is 4.54. The van der Waals surface area contributed by atoms with Crippen LogP contribution in [0, 0.1) is 5.92 Å². The third kappa shape index (κ3) is 3.25. The summed E-state index contributed by atoms with van der Waals surface area (Å²) in [6.45, 7) is 2.66. The average molecular weight is 435 g/mol. The molecule has 0 amide bonds. The Morgan fingerprint density at radius 2 is 1.93 bits per heavy atom. The van der Waals surface area contributed by atoms with Gasteiger partial charge in [-0.05, 0) is 61.9 Å². The number of halogens is 4. The summed E-state index contributed by atoms with van der Waals surface area (Å²) >= 11 is 6.07. The van der Waals surface area contributed by atoms with Gasteiger partial charge in [0.2, 0.25) is 0 Å². The summed E-state index contributed by atoms with van der Waals surface area (Å²) in [5.41, 5.74) is 1.96. The topological polar surface area (TPSA) is 37.9 Å². The molecule has 1 aliphatic carbocycles. The quantitative estimate of drug-likeness (QED) is 0.478. The maximum atomic E-state index is 13.0. The molecule has 3 aromatic rings. The molecule has 5 rings (SSSR count). The van der Waals surface area contributed by atoms with Gasteiger partial charge in [-0.3, -0.25) is 0 Å². The molecule has 1 saturated carbocycles. The number of fused-ring (bicyclic) bond motifs is 3. The van der Waals surface area contributed by atoms with E-state index in [1.165, 1.54) is 6.07 Å². The van der Waals surface area contributed by atoms with Crippen molar-refractivity contribution in [1.82, 2.24) is 9.97 Å². The Balaban J connectivity index is 1.33. The Bertz CT molecular complexity index is 1100. The molecule has 2 aliphatic rings. The zero-order valence-corrected chi connectivity index (χ0v) is 17.3. The molecule has 30 heavy (non-hydrogen) atoms. The standard InChI is InChI=1S/C23H22ClF3N2O/c1-13(21-28-18-5-3-16(24)11-19(18)29-21)14-6-8-22(9-7-14)12-30-20-10-15(23(25,26)27)2-4-17(20)22/h2-5,10-11,13-14H,6-9,12H2,1H3,(H,28,29)/t13-,14-,22+/m1/s1. The molecule has 158 valence electrons. The van der Waals surface area contributed by atoms with Crippen LogP contribution in [0.2, 0.25) is 5.02 Å². The number of aromatic amines is 1. The van der Waals surface area contributed by atoms with E-state index in [0.717, 1.165) is 54.2 Å². The molecular formula is C23H22ClF3N2O. The second-order valence-corrected chi connectivity index (χ2v) is 9.12. The molecule has 1 fully saturated rings. The molecule has 0 saturated heterocycles. The Labute approximate surface area is 177 Å². The molecule has 2 heterocycles. The number of ether oxygens (including phenoxy) is 1. The minimum absolute atomic E-state index is 0.170. The molecule has 0 radical (unpaired) electrons. The van der Waals surface area contributed by atoms with Gasteiger partial charge in [0.25, 0.3) is 0 Å². The fraction of sp³-hybridized carbons (Fsp3) is 0.435. The van der Waals surface area contributed by atoms with E-state index in [0.29, 0.717) is 23.3 Å². The van der Waals surface area contributed by atoms with Crippen molar-refractivity contribution in [2.45, 2.75) is 50.1 Å². The number of nitrogens with one attached hydrogen (secondary N) is 1. The SMILES string of the molecule is C[C@@H](c1nc2cc(Cl)ccc2[nH]1)[C@H]1CC[C@@]2(CC1)COc1cc(C(F)(F)F)ccc12. The summed E-state index contributed by atoms with van der Waals surface area (Å²) in [6, 6.07) is 9.61. The van der Waals surface area contributed by atoms with Gasteiger partial charge < -0.3 is 9.72 Å². The summed E-state index contributed by atoms with van der Waals surface area (Å²) in [7, 11) is 0. The minimum atomic E-state index is -4.35. The van der Waals surface area contributed by atoms with Crippen LogP contribution >= 0.6 is 11.6 Å². The highest BCUT2D eigenvalue weighted by Gasteiger charge is 2.45. The predicted octanol–water partition coefficient (Wildman–Crippen LogP) is 6.86. The van der Waals surface area contributed by atoms with Crippen LogP contribution in [0.1, 0.15) is 55.5 Å². The number of rotatable bonds is 2. The Morgan fingerprint density at radius 1 is 1.17 bits per heavy atom. The number of alkyl halides is 3. The van der Waals surface area contributed by atoms with E-state index < -0.39 is 11.7 Å². The van der Waals surface area contributed by atoms with Gasteiger partial charge in [-0.15, -0.1) is 0 Å². The van der Waals surface area contributed by atoms with Gasteiger partial charge in [-0.1, -0.05) is 24.6 Å². The van der Waals surface area contributed by atoms with Crippen molar-refractivity contribution in [2.75, 3.05) is 6.61 Å². The first-order valence-corrected chi connectivity index (χ1v) is 10.6. The molecule has 3 nitrogen and oxygen atoms in total. The number of hydrogen-bond acceptors (Lipinski definition) is 2. The van der Waals surface area contributed by atoms with E-state index in [-0.39, 0.29) is 11.3 Å². The Morgan fingerprint density at radius 3 is 2.67 bits per heavy atom. The monoisotopic (exact) mass is 434 g/mol. The summed E-state index contributed by atoms with van der Waals surface area (Å²) in [6.07, 6.45) is -0.553. The lowest BCUT2D eigenvalue weighted by molar-refractivity contribution is -0.137. The van der Waals surface area contributed by atoms with Crippen molar-refractivity contribution in [3.8, 4) is 5.75 Å². The maximum absolute atomic E-state index is 13.0. The van der Waals surface area contributed by atoms with Crippen LogP contribution in [0.15, 0.2) is 36.4 Å². The fourth-order valence-electron chi connectivity index (χ4n) is 5.09. The number of H-pyrrole nitrogens is 1. The summed E-state index contributed by atoms with van der Waals surface area (Å²) in [5, 5.41) is 0.668. The van der Waals surface area contributed by atoms with Crippen LogP contribution in [0.25, 0.3) is 11.0 Å². The van der Waals surface area contributed by atoms with Gasteiger partial charge in [-0.25, -0.2) is 4.98 Å². The first-order valence-electron chi connectivity index (χ1n) is 10.2. The van der Waals surface area contributed by atoms with Crippen molar-refractivity contribution in [3.63, 3.8) is 0 Å². The zero-order chi connectivity index (χ0) is 21.1. The van der Waals surface area contributed by atoms with Crippen LogP contribution in [0.4, 0.5) is 13.2 Å². The number of hydrogen-bond donors (Lipinski definition) is 1. The van der Waals surface area contributed by atoms with E-state index in [2.05, 4.69) is 11.9 Å². The number of nitrogens with zero attached hydrogens (tertiary/aromatic N) is 1. The largest absolute Gasteiger partial charge is 0.492 e. The van der Waals surface area contributed by atoms with Gasteiger partial charge in [0.1, 0.15) is 11.6 Å². The molecule has 0 bridgehead atoms. The molecule has 7 heteroatoms. The highest BCUT2D eigenvalue weighted by Crippen LogP contribution is 2.52. The predicted molar refractivity (Wildman–Crippen MR) is 110 cm³/mol. The smallest absolute Gasteiger partial charge is 0.416 e. The molecule has 2 aromatic carbocycles. The maximum Gasteiger partial charge on any atom is 0.416 e. The number of imidazole rings is 1. The van der Waals surface area contributed by atoms with Gasteiger partial charge in [0, 0.05) is 21.9 Å². The van der Waals surface area contributed by atoms with Crippen molar-refractivity contribution < 1.29 is 17.9 Å². The van der Waals surface area contributed by atoms with E-state index in [1.54, 1.807) is 6.07 Å². The number of benzene rings is 2. The van der Waals surface area contributed by atoms with E-state index in [1.807, 2.05) is 18.2 Å². The van der Waals surface area contributed by atoms with Gasteiger partial charge in [-0.2, -0.15) is 13.2 Å². The molecule has 1 N–H and O–H groups in total. The zero-order valence-electron chi connectivity index (χ0n) is 16.5. The minimum Gasteiger partial charge on any atom is -0.492 e. The lowest BCUT2D eigenvalue weighted by Gasteiger charge is -2.38. The molecule has 1 aliphatic heterocycles. The van der Waals surface area contributed by atoms with E-state index in [4.69, 9.17) is 21.3 Å². The van der Waals surface area contributed by atoms with E-state index >= 15 is 0 Å². The average Bonchev–Trinajstić information content (AvgIpc) is 3.29. The molecule has 1 atom stereocenters. The second-order valence-electron chi connectivity index (χ2n) is 8.69. The van der Waals surface area contributed by atoms with E-state index in [9.17, 15) is 13.2 Å². The Hall–Kier alpha value is -2.21. The second kappa shape index (κ2) is 6.91. The van der Waals surface area contributed by atoms with Crippen molar-refractivity contribution in [2.24, 2.45) is 5.92 Å². The first kappa shape index (κ1) is 19.7.